The minimum Gasteiger partial charge on any atom is -0.434 e. The van der Waals surface area contributed by atoms with Gasteiger partial charge >= 0.3 is 6.61 Å². The Balaban J connectivity index is 1.29. The Bertz CT molecular complexity index is 1630. The lowest BCUT2D eigenvalue weighted by Gasteiger charge is -2.50. The van der Waals surface area contributed by atoms with Crippen LogP contribution in [-0.4, -0.2) is 43.6 Å². The minimum absolute atomic E-state index is 0.0281. The molecular formula is C29H27F2N5O3. The summed E-state index contributed by atoms with van der Waals surface area (Å²) in [6.07, 6.45) is 5.60. The van der Waals surface area contributed by atoms with Gasteiger partial charge in [0.15, 0.2) is 5.78 Å². The van der Waals surface area contributed by atoms with Crippen LogP contribution in [0.1, 0.15) is 72.1 Å². The van der Waals surface area contributed by atoms with Gasteiger partial charge in [0.1, 0.15) is 17.4 Å². The molecule has 0 saturated heterocycles. The van der Waals surface area contributed by atoms with E-state index in [1.54, 1.807) is 24.5 Å². The highest BCUT2D eigenvalue weighted by Crippen LogP contribution is 2.52. The van der Waals surface area contributed by atoms with E-state index in [0.717, 1.165) is 28.0 Å². The van der Waals surface area contributed by atoms with Gasteiger partial charge in [-0.25, -0.2) is 15.0 Å². The largest absolute Gasteiger partial charge is 0.434 e. The fraction of sp³-hybridized carbons (Fsp3) is 0.379. The Morgan fingerprint density at radius 3 is 2.67 bits per heavy atom. The third-order valence-corrected chi connectivity index (χ3v) is 8.55. The molecule has 3 heterocycles. The molecule has 0 unspecified atom stereocenters. The second-order valence-corrected chi connectivity index (χ2v) is 11.5. The molecule has 200 valence electrons. The number of aromatic nitrogens is 4. The van der Waals surface area contributed by atoms with Crippen LogP contribution in [0.2, 0.25) is 0 Å². The SMILES string of the molecule is CC1(CO)CC(N)(c2ncc(-c3ccc4nc5n(c4c3)[C@H]3C[C@@H]5CC(=O)c4cccc(OC(F)F)c43)cn2)C1. The van der Waals surface area contributed by atoms with E-state index in [4.69, 9.17) is 15.5 Å². The van der Waals surface area contributed by atoms with Crippen molar-refractivity contribution in [2.75, 3.05) is 6.61 Å². The number of benzene rings is 2. The number of fused-ring (bicyclic) bond motifs is 9. The molecule has 0 spiro atoms. The molecule has 2 bridgehead atoms. The van der Waals surface area contributed by atoms with Gasteiger partial charge in [-0.05, 0) is 48.4 Å². The molecule has 4 aromatic rings. The van der Waals surface area contributed by atoms with Crippen molar-refractivity contribution in [3.8, 4) is 16.9 Å². The zero-order chi connectivity index (χ0) is 27.1. The molecule has 1 saturated carbocycles. The molecule has 39 heavy (non-hydrogen) atoms. The summed E-state index contributed by atoms with van der Waals surface area (Å²) < 4.78 is 33.5. The number of aliphatic hydroxyl groups is 1. The Morgan fingerprint density at radius 2 is 1.95 bits per heavy atom. The van der Waals surface area contributed by atoms with Crippen molar-refractivity contribution in [2.24, 2.45) is 11.1 Å². The number of nitrogens with two attached hydrogens (primary N) is 1. The highest BCUT2D eigenvalue weighted by atomic mass is 19.3. The Morgan fingerprint density at radius 1 is 1.18 bits per heavy atom. The monoisotopic (exact) mass is 531 g/mol. The fourth-order valence-electron chi connectivity index (χ4n) is 6.95. The molecule has 3 aliphatic rings. The maximum Gasteiger partial charge on any atom is 0.387 e. The summed E-state index contributed by atoms with van der Waals surface area (Å²) in [5.74, 6) is 1.17. The molecule has 2 aliphatic carbocycles. The number of ketones is 1. The van der Waals surface area contributed by atoms with Crippen LogP contribution >= 0.6 is 0 Å². The molecule has 2 atom stereocenters. The second-order valence-electron chi connectivity index (χ2n) is 11.5. The molecule has 0 radical (unpaired) electrons. The average molecular weight is 532 g/mol. The number of carbonyl (C=O) groups excluding carboxylic acids is 1. The molecule has 7 rings (SSSR count). The number of Topliss-reactive ketones (excluding diaryl/α,β-unsaturated/α-hetero) is 1. The normalized spacial score (nSPS) is 27.3. The van der Waals surface area contributed by atoms with Crippen molar-refractivity contribution in [3.63, 3.8) is 0 Å². The number of halogens is 2. The molecule has 2 aromatic carbocycles. The molecule has 0 amide bonds. The Hall–Kier alpha value is -3.76. The van der Waals surface area contributed by atoms with Gasteiger partial charge in [0.2, 0.25) is 0 Å². The number of carbonyl (C=O) groups is 1. The topological polar surface area (TPSA) is 116 Å². The van der Waals surface area contributed by atoms with Gasteiger partial charge < -0.3 is 20.1 Å². The lowest BCUT2D eigenvalue weighted by Crippen LogP contribution is -2.56. The van der Waals surface area contributed by atoms with Gasteiger partial charge in [-0.3, -0.25) is 4.79 Å². The number of rotatable bonds is 5. The highest BCUT2D eigenvalue weighted by molar-refractivity contribution is 6.00. The van der Waals surface area contributed by atoms with Crippen LogP contribution in [-0.2, 0) is 5.54 Å². The minimum atomic E-state index is -2.99. The van der Waals surface area contributed by atoms with Crippen molar-refractivity contribution in [3.05, 3.63) is 71.6 Å². The van der Waals surface area contributed by atoms with Crippen LogP contribution in [0.3, 0.4) is 0 Å². The second kappa shape index (κ2) is 8.37. The summed E-state index contributed by atoms with van der Waals surface area (Å²) >= 11 is 0. The van der Waals surface area contributed by atoms with Crippen molar-refractivity contribution in [2.45, 2.75) is 56.7 Å². The van der Waals surface area contributed by atoms with Gasteiger partial charge in [-0.1, -0.05) is 25.1 Å². The number of hydrogen-bond acceptors (Lipinski definition) is 7. The molecule has 2 aromatic heterocycles. The number of nitrogens with zero attached hydrogens (tertiary/aromatic N) is 4. The smallest absolute Gasteiger partial charge is 0.387 e. The number of imidazole rings is 1. The van der Waals surface area contributed by atoms with Crippen LogP contribution in [0.5, 0.6) is 5.75 Å². The van der Waals surface area contributed by atoms with Gasteiger partial charge in [-0.2, -0.15) is 8.78 Å². The molecule has 8 nitrogen and oxygen atoms in total. The quantitative estimate of drug-likeness (QED) is 0.383. The van der Waals surface area contributed by atoms with Crippen LogP contribution in [0.15, 0.2) is 48.8 Å². The van der Waals surface area contributed by atoms with E-state index in [0.29, 0.717) is 36.2 Å². The number of alkyl halides is 2. The van der Waals surface area contributed by atoms with E-state index in [9.17, 15) is 18.7 Å². The standard InChI is InChI=1S/C29H27F2N5O3/c1-28(14-37)12-29(32,13-28)26-33-10-17(11-34-26)15-5-6-19-20(7-15)36-21-8-16(25(36)35-19)9-22(38)18-3-2-4-23(24(18)21)39-27(30)31/h2-7,10-11,16,21,27,37H,8-9,12-14,32H2,1H3/t16-,21+,28?,29?/m1/s1. The third-order valence-electron chi connectivity index (χ3n) is 8.55. The summed E-state index contributed by atoms with van der Waals surface area (Å²) in [7, 11) is 0. The van der Waals surface area contributed by atoms with Crippen molar-refractivity contribution >= 4 is 16.8 Å². The van der Waals surface area contributed by atoms with Gasteiger partial charge in [0.05, 0.1) is 22.6 Å². The van der Waals surface area contributed by atoms with E-state index in [2.05, 4.69) is 14.5 Å². The van der Waals surface area contributed by atoms with E-state index in [1.807, 2.05) is 25.1 Å². The summed E-state index contributed by atoms with van der Waals surface area (Å²) in [5.41, 5.74) is 9.87. The first-order valence-corrected chi connectivity index (χ1v) is 13.0. The number of aliphatic hydroxyl groups excluding tert-OH is 1. The Labute approximate surface area is 222 Å². The van der Waals surface area contributed by atoms with Gasteiger partial charge in [0, 0.05) is 48.0 Å². The van der Waals surface area contributed by atoms with Gasteiger partial charge in [0.25, 0.3) is 0 Å². The predicted octanol–water partition coefficient (Wildman–Crippen LogP) is 4.70. The maximum absolute atomic E-state index is 13.3. The molecule has 1 aliphatic heterocycles. The van der Waals surface area contributed by atoms with Crippen LogP contribution in [0.25, 0.3) is 22.2 Å². The average Bonchev–Trinajstić information content (AvgIpc) is 3.39. The van der Waals surface area contributed by atoms with E-state index in [1.165, 1.54) is 6.07 Å². The molecule has 10 heteroatoms. The maximum atomic E-state index is 13.3. The van der Waals surface area contributed by atoms with E-state index < -0.39 is 12.2 Å². The number of ether oxygens (including phenoxy) is 1. The third kappa shape index (κ3) is 3.69. The van der Waals surface area contributed by atoms with Crippen LogP contribution in [0.4, 0.5) is 8.78 Å². The van der Waals surface area contributed by atoms with Crippen LogP contribution in [0, 0.1) is 5.41 Å². The fourth-order valence-corrected chi connectivity index (χ4v) is 6.95. The molecule has 1 fully saturated rings. The van der Waals surface area contributed by atoms with Crippen molar-refractivity contribution in [1.82, 2.24) is 19.5 Å². The molecule has 3 N–H and O–H groups in total. The summed E-state index contributed by atoms with van der Waals surface area (Å²) in [4.78, 5) is 27.0. The highest BCUT2D eigenvalue weighted by Gasteiger charge is 2.52. The van der Waals surface area contributed by atoms with E-state index in [-0.39, 0.29) is 41.9 Å². The lowest BCUT2D eigenvalue weighted by atomic mass is 9.58. The van der Waals surface area contributed by atoms with Crippen molar-refractivity contribution in [1.29, 1.82) is 0 Å². The number of hydrogen-bond donors (Lipinski definition) is 2. The first-order chi connectivity index (χ1) is 18.7. The summed E-state index contributed by atoms with van der Waals surface area (Å²) in [6, 6.07) is 10.3. The summed E-state index contributed by atoms with van der Waals surface area (Å²) in [6.45, 7) is -0.916. The van der Waals surface area contributed by atoms with Crippen molar-refractivity contribution < 1.29 is 23.4 Å². The zero-order valence-corrected chi connectivity index (χ0v) is 21.3. The summed E-state index contributed by atoms with van der Waals surface area (Å²) in [5, 5.41) is 9.59. The van der Waals surface area contributed by atoms with E-state index >= 15 is 0 Å². The van der Waals surface area contributed by atoms with Gasteiger partial charge in [-0.15, -0.1) is 0 Å². The first-order valence-electron chi connectivity index (χ1n) is 13.0. The zero-order valence-electron chi connectivity index (χ0n) is 21.3. The first kappa shape index (κ1) is 24.3. The van der Waals surface area contributed by atoms with Crippen LogP contribution < -0.4 is 10.5 Å². The Kier molecular flexibility index (Phi) is 5.21. The molecular weight excluding hydrogens is 504 g/mol. The predicted molar refractivity (Wildman–Crippen MR) is 139 cm³/mol. The lowest BCUT2D eigenvalue weighted by molar-refractivity contribution is -0.0507.